The largest absolute Gasteiger partial charge is 0.378 e. The minimum Gasteiger partial charge on any atom is -0.378 e. The predicted octanol–water partition coefficient (Wildman–Crippen LogP) is 2.48. The van der Waals surface area contributed by atoms with Gasteiger partial charge in [-0.05, 0) is 40.0 Å². The normalized spacial score (nSPS) is 38.1. The first-order valence-corrected chi connectivity index (χ1v) is 6.04. The van der Waals surface area contributed by atoms with Crippen LogP contribution in [-0.2, 0) is 9.47 Å². The number of rotatable bonds is 2. The zero-order valence-electron chi connectivity index (χ0n) is 10.5. The van der Waals surface area contributed by atoms with E-state index in [1.165, 1.54) is 19.3 Å². The highest BCUT2D eigenvalue weighted by atomic mass is 35.5. The van der Waals surface area contributed by atoms with E-state index >= 15 is 0 Å². The summed E-state index contributed by atoms with van der Waals surface area (Å²) < 4.78 is 11.6. The number of hydrogen-bond donors (Lipinski definition) is 1. The third-order valence-corrected chi connectivity index (χ3v) is 3.25. The van der Waals surface area contributed by atoms with Crippen LogP contribution in [0, 0.1) is 0 Å². The molecule has 0 aromatic carbocycles. The van der Waals surface area contributed by atoms with Crippen LogP contribution in [0.25, 0.3) is 0 Å². The number of halogens is 1. The first-order valence-electron chi connectivity index (χ1n) is 6.04. The van der Waals surface area contributed by atoms with E-state index in [9.17, 15) is 0 Å². The van der Waals surface area contributed by atoms with Crippen LogP contribution in [0.1, 0.15) is 46.5 Å². The molecule has 2 saturated heterocycles. The van der Waals surface area contributed by atoms with Crippen molar-refractivity contribution in [2.24, 2.45) is 0 Å². The van der Waals surface area contributed by atoms with Crippen molar-refractivity contribution >= 4 is 12.4 Å². The van der Waals surface area contributed by atoms with E-state index in [-0.39, 0.29) is 23.7 Å². The summed E-state index contributed by atoms with van der Waals surface area (Å²) in [6.45, 7) is 8.21. The molecule has 0 amide bonds. The standard InChI is InChI=1S/C12H23NO2.ClH/c1-11(2)9-15-12(3,13-11)8-10-6-4-5-7-14-10;/h10,13H,4-9H2,1-3H3;1H. The average molecular weight is 250 g/mol. The molecule has 16 heavy (non-hydrogen) atoms. The van der Waals surface area contributed by atoms with Crippen LogP contribution in [-0.4, -0.2) is 30.6 Å². The minimum absolute atomic E-state index is 0. The maximum absolute atomic E-state index is 5.87. The van der Waals surface area contributed by atoms with Gasteiger partial charge in [0.2, 0.25) is 0 Å². The van der Waals surface area contributed by atoms with Crippen molar-refractivity contribution in [3.05, 3.63) is 0 Å². The summed E-state index contributed by atoms with van der Waals surface area (Å²) in [5.74, 6) is 0. The van der Waals surface area contributed by atoms with Gasteiger partial charge in [0.25, 0.3) is 0 Å². The lowest BCUT2D eigenvalue weighted by atomic mass is 9.99. The molecule has 0 aromatic heterocycles. The summed E-state index contributed by atoms with van der Waals surface area (Å²) in [6.07, 6.45) is 5.04. The predicted molar refractivity (Wildman–Crippen MR) is 67.0 cm³/mol. The van der Waals surface area contributed by atoms with Crippen molar-refractivity contribution in [2.45, 2.75) is 63.8 Å². The SMILES string of the molecule is CC1(C)COC(C)(CC2CCCCO2)N1.Cl. The first kappa shape index (κ1) is 14.2. The fourth-order valence-electron chi connectivity index (χ4n) is 2.64. The molecule has 2 fully saturated rings. The van der Waals surface area contributed by atoms with Gasteiger partial charge in [-0.1, -0.05) is 0 Å². The summed E-state index contributed by atoms with van der Waals surface area (Å²) in [4.78, 5) is 0. The van der Waals surface area contributed by atoms with Crippen molar-refractivity contribution < 1.29 is 9.47 Å². The molecule has 0 aliphatic carbocycles. The van der Waals surface area contributed by atoms with Crippen molar-refractivity contribution in [1.29, 1.82) is 0 Å². The second kappa shape index (κ2) is 5.21. The number of hydrogen-bond acceptors (Lipinski definition) is 3. The maximum atomic E-state index is 5.87. The third-order valence-electron chi connectivity index (χ3n) is 3.25. The molecule has 0 radical (unpaired) electrons. The molecular weight excluding hydrogens is 226 g/mol. The van der Waals surface area contributed by atoms with Gasteiger partial charge in [0.1, 0.15) is 5.72 Å². The molecule has 2 unspecified atom stereocenters. The monoisotopic (exact) mass is 249 g/mol. The van der Waals surface area contributed by atoms with Gasteiger partial charge in [-0.3, -0.25) is 5.32 Å². The second-order valence-corrected chi connectivity index (χ2v) is 5.72. The summed E-state index contributed by atoms with van der Waals surface area (Å²) in [5, 5.41) is 3.55. The Morgan fingerprint density at radius 1 is 1.25 bits per heavy atom. The molecule has 2 atom stereocenters. The van der Waals surface area contributed by atoms with E-state index < -0.39 is 0 Å². The number of nitrogens with one attached hydrogen (secondary N) is 1. The van der Waals surface area contributed by atoms with E-state index in [1.54, 1.807) is 0 Å². The van der Waals surface area contributed by atoms with Gasteiger partial charge in [0.15, 0.2) is 0 Å². The van der Waals surface area contributed by atoms with E-state index in [0.717, 1.165) is 19.6 Å². The van der Waals surface area contributed by atoms with Crippen LogP contribution in [0.15, 0.2) is 0 Å². The Hall–Kier alpha value is 0.170. The molecule has 0 spiro atoms. The zero-order valence-corrected chi connectivity index (χ0v) is 11.4. The molecule has 0 aromatic rings. The van der Waals surface area contributed by atoms with E-state index in [1.807, 2.05) is 0 Å². The fourth-order valence-corrected chi connectivity index (χ4v) is 2.64. The average Bonchev–Trinajstić information content (AvgIpc) is 2.42. The molecule has 1 N–H and O–H groups in total. The van der Waals surface area contributed by atoms with Gasteiger partial charge in [-0.2, -0.15) is 0 Å². The highest BCUT2D eigenvalue weighted by molar-refractivity contribution is 5.85. The molecule has 0 saturated carbocycles. The van der Waals surface area contributed by atoms with Gasteiger partial charge < -0.3 is 9.47 Å². The Morgan fingerprint density at radius 2 is 2.00 bits per heavy atom. The Balaban J connectivity index is 0.00000128. The van der Waals surface area contributed by atoms with Crippen molar-refractivity contribution in [3.63, 3.8) is 0 Å². The lowest BCUT2D eigenvalue weighted by Gasteiger charge is -2.32. The summed E-state index contributed by atoms with van der Waals surface area (Å²) >= 11 is 0. The molecule has 4 heteroatoms. The van der Waals surface area contributed by atoms with E-state index in [4.69, 9.17) is 9.47 Å². The van der Waals surface area contributed by atoms with Gasteiger partial charge in [0, 0.05) is 18.6 Å². The molecule has 2 aliphatic heterocycles. The Labute approximate surface area is 105 Å². The topological polar surface area (TPSA) is 30.5 Å². The molecule has 2 rings (SSSR count). The Kier molecular flexibility index (Phi) is 4.64. The maximum Gasteiger partial charge on any atom is 0.119 e. The van der Waals surface area contributed by atoms with Crippen LogP contribution < -0.4 is 5.32 Å². The van der Waals surface area contributed by atoms with E-state index in [0.29, 0.717) is 6.10 Å². The van der Waals surface area contributed by atoms with Crippen LogP contribution in [0.5, 0.6) is 0 Å². The van der Waals surface area contributed by atoms with Crippen LogP contribution >= 0.6 is 12.4 Å². The van der Waals surface area contributed by atoms with Gasteiger partial charge in [-0.15, -0.1) is 12.4 Å². The van der Waals surface area contributed by atoms with Gasteiger partial charge in [0.05, 0.1) is 12.7 Å². The molecule has 0 bridgehead atoms. The smallest absolute Gasteiger partial charge is 0.119 e. The molecule has 2 aliphatic rings. The lowest BCUT2D eigenvalue weighted by molar-refractivity contribution is -0.0678. The minimum atomic E-state index is -0.189. The fraction of sp³-hybridized carbons (Fsp3) is 1.00. The summed E-state index contributed by atoms with van der Waals surface area (Å²) in [5.41, 5.74) is -0.0884. The Bertz CT molecular complexity index is 229. The second-order valence-electron chi connectivity index (χ2n) is 5.72. The van der Waals surface area contributed by atoms with Gasteiger partial charge in [-0.25, -0.2) is 0 Å². The van der Waals surface area contributed by atoms with Crippen LogP contribution in [0.4, 0.5) is 0 Å². The first-order chi connectivity index (χ1) is 6.99. The quantitative estimate of drug-likeness (QED) is 0.816. The highest BCUT2D eigenvalue weighted by Gasteiger charge is 2.41. The zero-order chi connectivity index (χ0) is 10.9. The molecule has 2 heterocycles. The van der Waals surface area contributed by atoms with E-state index in [2.05, 4.69) is 26.1 Å². The molecule has 3 nitrogen and oxygen atoms in total. The number of ether oxygens (including phenoxy) is 2. The summed E-state index contributed by atoms with van der Waals surface area (Å²) in [7, 11) is 0. The van der Waals surface area contributed by atoms with Crippen molar-refractivity contribution in [2.75, 3.05) is 13.2 Å². The van der Waals surface area contributed by atoms with Crippen LogP contribution in [0.2, 0.25) is 0 Å². The van der Waals surface area contributed by atoms with Crippen LogP contribution in [0.3, 0.4) is 0 Å². The lowest BCUT2D eigenvalue weighted by Crippen LogP contribution is -2.48. The molecular formula is C12H24ClNO2. The highest BCUT2D eigenvalue weighted by Crippen LogP contribution is 2.30. The van der Waals surface area contributed by atoms with Crippen molar-refractivity contribution in [3.8, 4) is 0 Å². The van der Waals surface area contributed by atoms with Gasteiger partial charge >= 0.3 is 0 Å². The molecule has 96 valence electrons. The van der Waals surface area contributed by atoms with Crippen molar-refractivity contribution in [1.82, 2.24) is 5.32 Å². The Morgan fingerprint density at radius 3 is 2.50 bits per heavy atom. The summed E-state index contributed by atoms with van der Waals surface area (Å²) in [6, 6.07) is 0. The third kappa shape index (κ3) is 3.59.